The number of carbonyl (C=O) groups excluding carboxylic acids is 1. The fourth-order valence-electron chi connectivity index (χ4n) is 3.04. The SMILES string of the molecule is CCOC(=O)NC(=S)Nc1n[nH]c(C2CCCCO2)c1-c1cc(F)c(Cl)c(F)c1. The lowest BCUT2D eigenvalue weighted by molar-refractivity contribution is 0.0126. The summed E-state index contributed by atoms with van der Waals surface area (Å²) in [5.74, 6) is -1.63. The van der Waals surface area contributed by atoms with E-state index in [9.17, 15) is 13.6 Å². The van der Waals surface area contributed by atoms with Gasteiger partial charge in [-0.15, -0.1) is 0 Å². The monoisotopic (exact) mass is 444 g/mol. The van der Waals surface area contributed by atoms with Crippen LogP contribution in [-0.2, 0) is 9.47 Å². The van der Waals surface area contributed by atoms with E-state index in [0.717, 1.165) is 31.4 Å². The van der Waals surface area contributed by atoms with Gasteiger partial charge in [0, 0.05) is 6.61 Å². The molecule has 2 heterocycles. The molecule has 2 aromatic rings. The summed E-state index contributed by atoms with van der Waals surface area (Å²) in [6.07, 6.45) is 1.54. The van der Waals surface area contributed by atoms with E-state index in [1.165, 1.54) is 0 Å². The van der Waals surface area contributed by atoms with Crippen LogP contribution in [0.25, 0.3) is 11.1 Å². The molecule has 1 aliphatic rings. The van der Waals surface area contributed by atoms with Crippen LogP contribution in [0.2, 0.25) is 5.02 Å². The predicted molar refractivity (Wildman–Crippen MR) is 108 cm³/mol. The number of hydrogen-bond donors (Lipinski definition) is 3. The maximum Gasteiger partial charge on any atom is 0.413 e. The van der Waals surface area contributed by atoms with Crippen molar-refractivity contribution in [2.24, 2.45) is 0 Å². The molecule has 3 rings (SSSR count). The first-order valence-corrected chi connectivity index (χ1v) is 9.78. The zero-order chi connectivity index (χ0) is 21.0. The van der Waals surface area contributed by atoms with Crippen LogP contribution in [0.3, 0.4) is 0 Å². The van der Waals surface area contributed by atoms with E-state index >= 15 is 0 Å². The number of H-pyrrole nitrogens is 1. The van der Waals surface area contributed by atoms with Gasteiger partial charge in [0.25, 0.3) is 0 Å². The zero-order valence-electron chi connectivity index (χ0n) is 15.5. The Morgan fingerprint density at radius 2 is 2.14 bits per heavy atom. The topological polar surface area (TPSA) is 88.3 Å². The number of thiocarbonyl (C=S) groups is 1. The third-order valence-electron chi connectivity index (χ3n) is 4.29. The van der Waals surface area contributed by atoms with Gasteiger partial charge >= 0.3 is 6.09 Å². The van der Waals surface area contributed by atoms with Gasteiger partial charge in [0.05, 0.1) is 24.0 Å². The van der Waals surface area contributed by atoms with Gasteiger partial charge in [-0.3, -0.25) is 10.4 Å². The number of ether oxygens (including phenoxy) is 2. The van der Waals surface area contributed by atoms with Gasteiger partial charge in [0.15, 0.2) is 10.9 Å². The van der Waals surface area contributed by atoms with Crippen LogP contribution >= 0.6 is 23.8 Å². The van der Waals surface area contributed by atoms with E-state index in [0.29, 0.717) is 17.9 Å². The third kappa shape index (κ3) is 5.01. The van der Waals surface area contributed by atoms with Gasteiger partial charge in [-0.2, -0.15) is 5.10 Å². The van der Waals surface area contributed by atoms with Crippen molar-refractivity contribution in [2.75, 3.05) is 18.5 Å². The number of benzene rings is 1. The number of anilines is 1. The normalized spacial score (nSPS) is 16.3. The third-order valence-corrected chi connectivity index (χ3v) is 4.86. The standard InChI is InChI=1S/C18H19ClF2N4O3S/c1-2-27-18(26)23-17(29)22-16-13(9-7-10(20)14(19)11(21)8-9)15(24-25-16)12-5-3-4-6-28-12/h7-8,12H,2-6H2,1H3,(H3,22,23,24,25,26,29). The fraction of sp³-hybridized carbons (Fsp3) is 0.389. The Hall–Kier alpha value is -2.30. The molecule has 11 heteroatoms. The van der Waals surface area contributed by atoms with Crippen molar-refractivity contribution in [3.63, 3.8) is 0 Å². The van der Waals surface area contributed by atoms with Crippen LogP contribution in [0, 0.1) is 11.6 Å². The second kappa shape index (κ2) is 9.47. The lowest BCUT2D eigenvalue weighted by Crippen LogP contribution is -2.34. The summed E-state index contributed by atoms with van der Waals surface area (Å²) in [7, 11) is 0. The molecule has 156 valence electrons. The van der Waals surface area contributed by atoms with Crippen LogP contribution < -0.4 is 10.6 Å². The zero-order valence-corrected chi connectivity index (χ0v) is 17.1. The fourth-order valence-corrected chi connectivity index (χ4v) is 3.33. The Morgan fingerprint density at radius 3 is 2.76 bits per heavy atom. The molecule has 1 fully saturated rings. The van der Waals surface area contributed by atoms with Crippen LogP contribution in [-0.4, -0.2) is 34.6 Å². The molecule has 0 bridgehead atoms. The van der Waals surface area contributed by atoms with Crippen LogP contribution in [0.15, 0.2) is 12.1 Å². The lowest BCUT2D eigenvalue weighted by atomic mass is 9.98. The molecule has 0 radical (unpaired) electrons. The molecular formula is C18H19ClF2N4O3S. The minimum atomic E-state index is -0.906. The first-order chi connectivity index (χ1) is 13.9. The quantitative estimate of drug-likeness (QED) is 0.468. The molecule has 7 nitrogen and oxygen atoms in total. The van der Waals surface area contributed by atoms with E-state index in [4.69, 9.17) is 33.3 Å². The summed E-state index contributed by atoms with van der Waals surface area (Å²) in [5, 5.41) is 11.4. The Balaban J connectivity index is 1.97. The number of aromatic nitrogens is 2. The number of aromatic amines is 1. The molecule has 1 atom stereocenters. The summed E-state index contributed by atoms with van der Waals surface area (Å²) < 4.78 is 38.8. The highest BCUT2D eigenvalue weighted by Gasteiger charge is 2.27. The number of halogens is 3. The van der Waals surface area contributed by atoms with E-state index < -0.39 is 22.8 Å². The summed E-state index contributed by atoms with van der Waals surface area (Å²) in [4.78, 5) is 11.6. The molecule has 0 aliphatic carbocycles. The van der Waals surface area contributed by atoms with Crippen molar-refractivity contribution in [3.8, 4) is 11.1 Å². The molecule has 1 amide bonds. The van der Waals surface area contributed by atoms with Gasteiger partial charge in [0.1, 0.15) is 16.7 Å². The highest BCUT2D eigenvalue weighted by atomic mass is 35.5. The second-order valence-corrected chi connectivity index (χ2v) is 7.06. The molecule has 29 heavy (non-hydrogen) atoms. The van der Waals surface area contributed by atoms with Gasteiger partial charge < -0.3 is 14.8 Å². The number of nitrogens with zero attached hydrogens (tertiary/aromatic N) is 1. The maximum atomic E-state index is 14.1. The average molecular weight is 445 g/mol. The van der Waals surface area contributed by atoms with Crippen molar-refractivity contribution < 1.29 is 23.0 Å². The first-order valence-electron chi connectivity index (χ1n) is 9.00. The minimum Gasteiger partial charge on any atom is -0.450 e. The lowest BCUT2D eigenvalue weighted by Gasteiger charge is -2.22. The Bertz CT molecular complexity index is 896. The molecule has 0 spiro atoms. The van der Waals surface area contributed by atoms with E-state index in [1.807, 2.05) is 0 Å². The van der Waals surface area contributed by atoms with Gasteiger partial charge in [-0.1, -0.05) is 11.6 Å². The van der Waals surface area contributed by atoms with Crippen molar-refractivity contribution in [2.45, 2.75) is 32.3 Å². The largest absolute Gasteiger partial charge is 0.450 e. The molecule has 0 saturated carbocycles. The van der Waals surface area contributed by atoms with Crippen LogP contribution in [0.4, 0.5) is 19.4 Å². The minimum absolute atomic E-state index is 0.0813. The molecule has 1 aromatic carbocycles. The molecule has 3 N–H and O–H groups in total. The predicted octanol–water partition coefficient (Wildman–Crippen LogP) is 4.69. The molecular weight excluding hydrogens is 426 g/mol. The number of rotatable bonds is 4. The Kier molecular flexibility index (Phi) is 6.99. The van der Waals surface area contributed by atoms with Crippen molar-refractivity contribution in [1.82, 2.24) is 15.5 Å². The number of amides is 1. The molecule has 1 unspecified atom stereocenters. The Labute approximate surface area is 176 Å². The van der Waals surface area contributed by atoms with Gasteiger partial charge in [-0.05, 0) is 56.1 Å². The summed E-state index contributed by atoms with van der Waals surface area (Å²) in [6.45, 7) is 2.40. The van der Waals surface area contributed by atoms with Gasteiger partial charge in [0.2, 0.25) is 0 Å². The van der Waals surface area contributed by atoms with E-state index in [-0.39, 0.29) is 29.2 Å². The maximum absolute atomic E-state index is 14.1. The second-order valence-electron chi connectivity index (χ2n) is 6.27. The summed E-state index contributed by atoms with van der Waals surface area (Å²) >= 11 is 10.7. The number of alkyl carbamates (subject to hydrolysis) is 1. The number of hydrogen-bond acceptors (Lipinski definition) is 5. The molecule has 1 aliphatic heterocycles. The highest BCUT2D eigenvalue weighted by Crippen LogP contribution is 2.39. The summed E-state index contributed by atoms with van der Waals surface area (Å²) in [5.41, 5.74) is 1.12. The average Bonchev–Trinajstić information content (AvgIpc) is 3.09. The Morgan fingerprint density at radius 1 is 1.41 bits per heavy atom. The van der Waals surface area contributed by atoms with Crippen molar-refractivity contribution >= 4 is 40.8 Å². The molecule has 1 aromatic heterocycles. The summed E-state index contributed by atoms with van der Waals surface area (Å²) in [6, 6.07) is 2.21. The van der Waals surface area contributed by atoms with Crippen LogP contribution in [0.1, 0.15) is 38.0 Å². The number of carbonyl (C=O) groups is 1. The highest BCUT2D eigenvalue weighted by molar-refractivity contribution is 7.80. The van der Waals surface area contributed by atoms with Crippen molar-refractivity contribution in [3.05, 3.63) is 34.5 Å². The van der Waals surface area contributed by atoms with Gasteiger partial charge in [-0.25, -0.2) is 13.6 Å². The van der Waals surface area contributed by atoms with E-state index in [1.54, 1.807) is 6.92 Å². The smallest absolute Gasteiger partial charge is 0.413 e. The first kappa shape index (κ1) is 21.4. The van der Waals surface area contributed by atoms with Crippen LogP contribution in [0.5, 0.6) is 0 Å². The van der Waals surface area contributed by atoms with E-state index in [2.05, 4.69) is 20.8 Å². The molecule has 1 saturated heterocycles. The van der Waals surface area contributed by atoms with Crippen molar-refractivity contribution in [1.29, 1.82) is 0 Å². The number of nitrogens with one attached hydrogen (secondary N) is 3.